The van der Waals surface area contributed by atoms with E-state index in [0.717, 1.165) is 0 Å². The summed E-state index contributed by atoms with van der Waals surface area (Å²) in [4.78, 5) is 30.5. The number of carboxylic acids is 1. The van der Waals surface area contributed by atoms with Gasteiger partial charge in [-0.1, -0.05) is 0 Å². The van der Waals surface area contributed by atoms with Crippen molar-refractivity contribution in [3.05, 3.63) is 36.0 Å². The molecule has 0 aromatic carbocycles. The molecule has 0 aliphatic heterocycles. The number of aromatic carboxylic acids is 1. The fourth-order valence-electron chi connectivity index (χ4n) is 1.95. The summed E-state index contributed by atoms with van der Waals surface area (Å²) in [6.07, 6.45) is 3.77. The van der Waals surface area contributed by atoms with Crippen molar-refractivity contribution in [2.45, 2.75) is 19.9 Å². The lowest BCUT2D eigenvalue weighted by molar-refractivity contribution is 0.0676. The number of carbonyl (C=O) groups excluding carboxylic acids is 1. The first-order valence-corrected chi connectivity index (χ1v) is 5.77. The van der Waals surface area contributed by atoms with E-state index < -0.39 is 5.97 Å². The van der Waals surface area contributed by atoms with Crippen LogP contribution < -0.4 is 0 Å². The van der Waals surface area contributed by atoms with Crippen molar-refractivity contribution >= 4 is 12.3 Å². The molecule has 0 atom stereocenters. The summed E-state index contributed by atoms with van der Waals surface area (Å²) in [5, 5.41) is 9.18. The number of carbonyl (C=O) groups is 2. The quantitative estimate of drug-likeness (QED) is 0.849. The number of rotatable bonds is 4. The molecular weight excluding hydrogens is 246 g/mol. The molecule has 1 N–H and O–H groups in total. The summed E-state index contributed by atoms with van der Waals surface area (Å²) in [5.74, 6) is -1.30. The van der Waals surface area contributed by atoms with Gasteiger partial charge in [0, 0.05) is 24.0 Å². The third kappa shape index (κ3) is 2.24. The van der Waals surface area contributed by atoms with Gasteiger partial charge < -0.3 is 9.67 Å². The molecular formula is C13H13N3O3. The number of imidazole rings is 1. The van der Waals surface area contributed by atoms with E-state index in [1.807, 2.05) is 0 Å². The highest BCUT2D eigenvalue weighted by molar-refractivity contribution is 5.90. The molecule has 0 unspecified atom stereocenters. The number of nitrogens with zero attached hydrogens (tertiary/aromatic N) is 3. The molecule has 2 rings (SSSR count). The number of aromatic nitrogens is 3. The third-order valence-corrected chi connectivity index (χ3v) is 2.70. The van der Waals surface area contributed by atoms with Crippen LogP contribution in [0.25, 0.3) is 11.3 Å². The maximum atomic E-state index is 11.3. The molecule has 0 fully saturated rings. The highest BCUT2D eigenvalue weighted by Gasteiger charge is 2.23. The summed E-state index contributed by atoms with van der Waals surface area (Å²) in [6, 6.07) is 3.27. The molecule has 6 heteroatoms. The zero-order chi connectivity index (χ0) is 14.0. The Morgan fingerprint density at radius 3 is 2.68 bits per heavy atom. The Morgan fingerprint density at radius 1 is 1.47 bits per heavy atom. The van der Waals surface area contributed by atoms with Crippen molar-refractivity contribution in [2.24, 2.45) is 0 Å². The highest BCUT2D eigenvalue weighted by atomic mass is 16.4. The maximum absolute atomic E-state index is 11.3. The molecule has 2 heterocycles. The molecule has 2 aromatic heterocycles. The summed E-state index contributed by atoms with van der Waals surface area (Å²) in [7, 11) is 0. The van der Waals surface area contributed by atoms with E-state index in [2.05, 4.69) is 9.97 Å². The average molecular weight is 259 g/mol. The summed E-state index contributed by atoms with van der Waals surface area (Å²) >= 11 is 0. The number of aldehydes is 1. The first kappa shape index (κ1) is 12.9. The zero-order valence-corrected chi connectivity index (χ0v) is 10.6. The predicted molar refractivity (Wildman–Crippen MR) is 68.2 cm³/mol. The van der Waals surface area contributed by atoms with Crippen LogP contribution in [-0.2, 0) is 0 Å². The molecule has 0 amide bonds. The Kier molecular flexibility index (Phi) is 3.41. The van der Waals surface area contributed by atoms with E-state index in [1.165, 1.54) is 4.57 Å². The van der Waals surface area contributed by atoms with Crippen molar-refractivity contribution in [3.8, 4) is 11.3 Å². The minimum Gasteiger partial charge on any atom is -0.475 e. The Hall–Kier alpha value is -2.50. The van der Waals surface area contributed by atoms with Gasteiger partial charge in [0.15, 0.2) is 6.29 Å². The zero-order valence-electron chi connectivity index (χ0n) is 10.6. The van der Waals surface area contributed by atoms with Crippen molar-refractivity contribution in [1.29, 1.82) is 0 Å². The van der Waals surface area contributed by atoms with E-state index in [9.17, 15) is 14.7 Å². The summed E-state index contributed by atoms with van der Waals surface area (Å²) < 4.78 is 1.41. The minimum absolute atomic E-state index is 0.143. The van der Waals surface area contributed by atoms with Crippen LogP contribution in [0.1, 0.15) is 41.0 Å². The van der Waals surface area contributed by atoms with Gasteiger partial charge in [0.05, 0.1) is 0 Å². The van der Waals surface area contributed by atoms with Crippen LogP contribution in [0, 0.1) is 0 Å². The highest BCUT2D eigenvalue weighted by Crippen LogP contribution is 2.25. The number of hydrogen-bond acceptors (Lipinski definition) is 4. The number of carboxylic acid groups (broad SMARTS) is 1. The molecule has 0 spiro atoms. The van der Waals surface area contributed by atoms with Gasteiger partial charge in [0.2, 0.25) is 5.82 Å². The molecule has 0 saturated heterocycles. The van der Waals surface area contributed by atoms with Crippen molar-refractivity contribution in [1.82, 2.24) is 14.5 Å². The van der Waals surface area contributed by atoms with Crippen LogP contribution in [0.3, 0.4) is 0 Å². The second-order valence-electron chi connectivity index (χ2n) is 4.30. The van der Waals surface area contributed by atoms with Gasteiger partial charge in [0.1, 0.15) is 11.4 Å². The van der Waals surface area contributed by atoms with E-state index >= 15 is 0 Å². The van der Waals surface area contributed by atoms with Gasteiger partial charge in [-0.05, 0) is 26.0 Å². The monoisotopic (exact) mass is 259 g/mol. The lowest BCUT2D eigenvalue weighted by Gasteiger charge is -2.10. The van der Waals surface area contributed by atoms with E-state index in [1.54, 1.807) is 38.4 Å². The van der Waals surface area contributed by atoms with Crippen LogP contribution in [0.2, 0.25) is 0 Å². The summed E-state index contributed by atoms with van der Waals surface area (Å²) in [5.41, 5.74) is 1.21. The molecule has 6 nitrogen and oxygen atoms in total. The van der Waals surface area contributed by atoms with Crippen molar-refractivity contribution < 1.29 is 14.7 Å². The largest absolute Gasteiger partial charge is 0.475 e. The van der Waals surface area contributed by atoms with Gasteiger partial charge >= 0.3 is 5.97 Å². The molecule has 0 aliphatic rings. The lowest BCUT2D eigenvalue weighted by Crippen LogP contribution is -2.13. The fourth-order valence-corrected chi connectivity index (χ4v) is 1.95. The SMILES string of the molecule is CC(C)n1c(C(=O)O)nc(-c2cccnc2)c1C=O. The lowest BCUT2D eigenvalue weighted by atomic mass is 10.2. The van der Waals surface area contributed by atoms with Gasteiger partial charge in [-0.25, -0.2) is 9.78 Å². The molecule has 19 heavy (non-hydrogen) atoms. The summed E-state index contributed by atoms with van der Waals surface area (Å²) in [6.45, 7) is 3.60. The number of pyridine rings is 1. The molecule has 98 valence electrons. The van der Waals surface area contributed by atoms with Gasteiger partial charge in [-0.15, -0.1) is 0 Å². The molecule has 0 bridgehead atoms. The van der Waals surface area contributed by atoms with E-state index in [4.69, 9.17) is 0 Å². The maximum Gasteiger partial charge on any atom is 0.372 e. The first-order chi connectivity index (χ1) is 9.06. The number of hydrogen-bond donors (Lipinski definition) is 1. The standard InChI is InChI=1S/C13H13N3O3/c1-8(2)16-10(7-17)11(15-12(16)13(18)19)9-4-3-5-14-6-9/h3-8H,1-2H3,(H,18,19). The van der Waals surface area contributed by atoms with Crippen LogP contribution in [-0.4, -0.2) is 31.9 Å². The first-order valence-electron chi connectivity index (χ1n) is 5.77. The Morgan fingerprint density at radius 2 is 2.21 bits per heavy atom. The molecule has 0 saturated carbocycles. The Bertz CT molecular complexity index is 618. The average Bonchev–Trinajstić information content (AvgIpc) is 2.79. The Labute approximate surface area is 109 Å². The van der Waals surface area contributed by atoms with Gasteiger partial charge in [-0.2, -0.15) is 0 Å². The Balaban J connectivity index is 2.73. The van der Waals surface area contributed by atoms with E-state index in [-0.39, 0.29) is 17.6 Å². The third-order valence-electron chi connectivity index (χ3n) is 2.70. The molecule has 2 aromatic rings. The predicted octanol–water partition coefficient (Wildman–Crippen LogP) is 2.04. The minimum atomic E-state index is -1.16. The van der Waals surface area contributed by atoms with Crippen LogP contribution >= 0.6 is 0 Å². The normalized spacial score (nSPS) is 10.7. The topological polar surface area (TPSA) is 85.1 Å². The van der Waals surface area contributed by atoms with Crippen LogP contribution in [0.15, 0.2) is 24.5 Å². The van der Waals surface area contributed by atoms with Crippen molar-refractivity contribution in [2.75, 3.05) is 0 Å². The van der Waals surface area contributed by atoms with Crippen molar-refractivity contribution in [3.63, 3.8) is 0 Å². The molecule has 0 radical (unpaired) electrons. The second kappa shape index (κ2) is 5.01. The van der Waals surface area contributed by atoms with E-state index in [0.29, 0.717) is 17.5 Å². The molecule has 0 aliphatic carbocycles. The second-order valence-corrected chi connectivity index (χ2v) is 4.30. The van der Waals surface area contributed by atoms with Crippen LogP contribution in [0.4, 0.5) is 0 Å². The smallest absolute Gasteiger partial charge is 0.372 e. The van der Waals surface area contributed by atoms with Crippen LogP contribution in [0.5, 0.6) is 0 Å². The van der Waals surface area contributed by atoms with Gasteiger partial charge in [0.25, 0.3) is 0 Å². The fraction of sp³-hybridized carbons (Fsp3) is 0.231. The van der Waals surface area contributed by atoms with Gasteiger partial charge in [-0.3, -0.25) is 9.78 Å².